The molecular formula is C30H33Cl2N9O3. The highest BCUT2D eigenvalue weighted by Gasteiger charge is 2.41. The molecule has 1 aliphatic rings. The Hall–Kier alpha value is -4.26. The molecule has 1 aliphatic heterocycles. The molecule has 0 spiro atoms. The number of likely N-dealkylation sites (N-methyl/N-ethyl adjacent to an activating group) is 1. The summed E-state index contributed by atoms with van der Waals surface area (Å²) in [7, 11) is 0. The largest absolute Gasteiger partial charge is 0.368 e. The van der Waals surface area contributed by atoms with E-state index in [0.29, 0.717) is 71.2 Å². The van der Waals surface area contributed by atoms with E-state index < -0.39 is 17.4 Å². The van der Waals surface area contributed by atoms with Gasteiger partial charge in [-0.15, -0.1) is 0 Å². The second-order valence-electron chi connectivity index (χ2n) is 10.5. The molecule has 0 atom stereocenters. The van der Waals surface area contributed by atoms with Crippen molar-refractivity contribution in [2.75, 3.05) is 37.6 Å². The second-order valence-corrected chi connectivity index (χ2v) is 11.4. The molecule has 4 aromatic rings. The molecule has 0 unspecified atom stereocenters. The fourth-order valence-corrected chi connectivity index (χ4v) is 5.77. The van der Waals surface area contributed by atoms with Crippen LogP contribution in [0.15, 0.2) is 48.5 Å². The number of nitrogens with one attached hydrogen (secondary N) is 3. The molecule has 0 radical (unpaired) electrons. The number of nitrogens with two attached hydrogens (primary N) is 1. The zero-order chi connectivity index (χ0) is 31.4. The van der Waals surface area contributed by atoms with Crippen LogP contribution < -0.4 is 26.6 Å². The molecule has 1 fully saturated rings. The molecular weight excluding hydrogens is 605 g/mol. The molecule has 44 heavy (non-hydrogen) atoms. The average molecular weight is 639 g/mol. The van der Waals surface area contributed by atoms with Crippen LogP contribution >= 0.6 is 23.2 Å². The third kappa shape index (κ3) is 6.47. The number of amides is 3. The first-order chi connectivity index (χ1) is 21.1. The van der Waals surface area contributed by atoms with Crippen molar-refractivity contribution >= 4 is 57.9 Å². The molecule has 3 amide bonds. The number of aryl methyl sites for hydroxylation is 1. The number of piperidine rings is 1. The van der Waals surface area contributed by atoms with Crippen molar-refractivity contribution in [1.82, 2.24) is 35.5 Å². The van der Waals surface area contributed by atoms with Crippen molar-refractivity contribution in [3.8, 4) is 17.1 Å². The van der Waals surface area contributed by atoms with Gasteiger partial charge in [-0.3, -0.25) is 19.0 Å². The van der Waals surface area contributed by atoms with Crippen LogP contribution in [0, 0.1) is 6.92 Å². The first-order valence-corrected chi connectivity index (χ1v) is 15.0. The van der Waals surface area contributed by atoms with Gasteiger partial charge in [0.1, 0.15) is 17.2 Å². The number of rotatable bonds is 10. The minimum atomic E-state index is -0.887. The van der Waals surface area contributed by atoms with Crippen LogP contribution in [0.5, 0.6) is 0 Å². The summed E-state index contributed by atoms with van der Waals surface area (Å²) in [5.74, 6) is 0.395. The Morgan fingerprint density at radius 3 is 2.32 bits per heavy atom. The minimum Gasteiger partial charge on any atom is -0.368 e. The highest BCUT2D eigenvalue weighted by atomic mass is 35.5. The van der Waals surface area contributed by atoms with E-state index in [-0.39, 0.29) is 19.0 Å². The summed E-state index contributed by atoms with van der Waals surface area (Å²) < 4.78 is 1.95. The zero-order valence-electron chi connectivity index (χ0n) is 24.4. The summed E-state index contributed by atoms with van der Waals surface area (Å²) in [5.41, 5.74) is 6.97. The van der Waals surface area contributed by atoms with E-state index in [1.165, 1.54) is 0 Å². The van der Waals surface area contributed by atoms with Crippen molar-refractivity contribution in [2.45, 2.75) is 32.2 Å². The lowest BCUT2D eigenvalue weighted by atomic mass is 9.86. The number of fused-ring (bicyclic) bond motifs is 1. The van der Waals surface area contributed by atoms with Gasteiger partial charge in [0, 0.05) is 29.4 Å². The molecule has 0 aliphatic carbocycles. The van der Waals surface area contributed by atoms with E-state index in [9.17, 15) is 14.4 Å². The Morgan fingerprint density at radius 2 is 1.66 bits per heavy atom. The van der Waals surface area contributed by atoms with Crippen LogP contribution in [0.4, 0.5) is 5.82 Å². The Balaban J connectivity index is 1.47. The van der Waals surface area contributed by atoms with E-state index in [0.717, 1.165) is 11.3 Å². The fraction of sp³-hybridized carbons (Fsp3) is 0.333. The van der Waals surface area contributed by atoms with Gasteiger partial charge in [-0.1, -0.05) is 42.3 Å². The van der Waals surface area contributed by atoms with E-state index in [2.05, 4.69) is 20.9 Å². The summed E-state index contributed by atoms with van der Waals surface area (Å²) >= 11 is 12.9. The van der Waals surface area contributed by atoms with Crippen molar-refractivity contribution in [3.63, 3.8) is 0 Å². The van der Waals surface area contributed by atoms with Crippen LogP contribution in [-0.2, 0) is 14.4 Å². The minimum absolute atomic E-state index is 0.262. The van der Waals surface area contributed by atoms with Crippen molar-refractivity contribution in [2.24, 2.45) is 5.73 Å². The number of carbonyl (C=O) groups excluding carboxylic acids is 3. The maximum Gasteiger partial charge on any atom is 0.240 e. The summed E-state index contributed by atoms with van der Waals surface area (Å²) in [6.45, 7) is 4.76. The lowest BCUT2D eigenvalue weighted by Gasteiger charge is -2.41. The molecule has 2 aromatic heterocycles. The van der Waals surface area contributed by atoms with Gasteiger partial charge >= 0.3 is 0 Å². The van der Waals surface area contributed by atoms with Crippen LogP contribution in [0.25, 0.3) is 28.2 Å². The van der Waals surface area contributed by atoms with Crippen LogP contribution in [-0.4, -0.2) is 75.5 Å². The summed E-state index contributed by atoms with van der Waals surface area (Å²) in [4.78, 5) is 53.1. The molecule has 0 saturated carbocycles. The van der Waals surface area contributed by atoms with Crippen molar-refractivity contribution in [3.05, 3.63) is 64.4 Å². The third-order valence-corrected chi connectivity index (χ3v) is 8.12. The molecule has 230 valence electrons. The van der Waals surface area contributed by atoms with Gasteiger partial charge in [-0.05, 0) is 62.7 Å². The molecule has 5 N–H and O–H groups in total. The predicted molar refractivity (Wildman–Crippen MR) is 170 cm³/mol. The third-order valence-electron chi connectivity index (χ3n) is 7.54. The monoisotopic (exact) mass is 637 g/mol. The predicted octanol–water partition coefficient (Wildman–Crippen LogP) is 2.76. The number of hydrogen-bond donors (Lipinski definition) is 4. The summed E-state index contributed by atoms with van der Waals surface area (Å²) in [5, 5.41) is 9.57. The topological polar surface area (TPSA) is 160 Å². The van der Waals surface area contributed by atoms with E-state index in [1.807, 2.05) is 66.9 Å². The Morgan fingerprint density at radius 1 is 0.955 bits per heavy atom. The standard InChI is InChI=1S/C30H33Cl2N9O3/c1-3-36-30(29(44)35-17-24(43)34-16-23(33)42)12-14-40(15-13-30)27-25-28(38-18(2)37-27)41(20-10-8-19(31)9-11-20)26(39-25)21-6-4-5-7-22(21)32/h4-11,36H,3,12-17H2,1-2H3,(H2,33,42)(H,34,43)(H,35,44). The van der Waals surface area contributed by atoms with Crippen LogP contribution in [0.2, 0.25) is 10.0 Å². The number of carbonyl (C=O) groups is 3. The molecule has 12 nitrogen and oxygen atoms in total. The number of aromatic nitrogens is 4. The first-order valence-electron chi connectivity index (χ1n) is 14.2. The molecule has 0 bridgehead atoms. The number of hydrogen-bond acceptors (Lipinski definition) is 8. The van der Waals surface area contributed by atoms with E-state index in [4.69, 9.17) is 43.9 Å². The number of nitrogens with zero attached hydrogens (tertiary/aromatic N) is 5. The van der Waals surface area contributed by atoms with Gasteiger partial charge in [-0.2, -0.15) is 0 Å². The molecule has 2 aromatic carbocycles. The number of benzene rings is 2. The zero-order valence-corrected chi connectivity index (χ0v) is 25.9. The Kier molecular flexibility index (Phi) is 9.33. The average Bonchev–Trinajstić information content (AvgIpc) is 3.38. The van der Waals surface area contributed by atoms with Crippen LogP contribution in [0.1, 0.15) is 25.6 Å². The number of primary amides is 1. The van der Waals surface area contributed by atoms with Gasteiger partial charge in [0.05, 0.1) is 18.1 Å². The Bertz CT molecular complexity index is 1700. The Labute approximate surface area is 264 Å². The first kappa shape index (κ1) is 31.2. The van der Waals surface area contributed by atoms with Crippen molar-refractivity contribution in [1.29, 1.82) is 0 Å². The number of halogens is 2. The van der Waals surface area contributed by atoms with Gasteiger partial charge in [0.15, 0.2) is 17.0 Å². The van der Waals surface area contributed by atoms with Gasteiger partial charge in [0.25, 0.3) is 0 Å². The highest BCUT2D eigenvalue weighted by Crippen LogP contribution is 2.36. The van der Waals surface area contributed by atoms with Gasteiger partial charge in [0.2, 0.25) is 17.7 Å². The van der Waals surface area contributed by atoms with Gasteiger partial charge in [-0.25, -0.2) is 15.0 Å². The van der Waals surface area contributed by atoms with E-state index in [1.54, 1.807) is 0 Å². The summed E-state index contributed by atoms with van der Waals surface area (Å²) in [6.07, 6.45) is 0.908. The van der Waals surface area contributed by atoms with Gasteiger partial charge < -0.3 is 26.6 Å². The summed E-state index contributed by atoms with van der Waals surface area (Å²) in [6, 6.07) is 14.9. The SMILES string of the molecule is CCNC1(C(=O)NCC(=O)NCC(N)=O)CCN(c2nc(C)nc3c2nc(-c2ccccc2Cl)n3-c2ccc(Cl)cc2)CC1. The smallest absolute Gasteiger partial charge is 0.240 e. The second kappa shape index (κ2) is 13.2. The normalized spacial score (nSPS) is 14.4. The fourth-order valence-electron chi connectivity index (χ4n) is 5.43. The molecule has 5 rings (SSSR count). The lowest BCUT2D eigenvalue weighted by Crippen LogP contribution is -2.62. The molecule has 1 saturated heterocycles. The quantitative estimate of drug-likeness (QED) is 0.206. The highest BCUT2D eigenvalue weighted by molar-refractivity contribution is 6.33. The molecule has 14 heteroatoms. The maximum atomic E-state index is 13.4. The maximum absolute atomic E-state index is 13.4. The number of imidazole rings is 1. The van der Waals surface area contributed by atoms with Crippen LogP contribution in [0.3, 0.4) is 0 Å². The number of anilines is 1. The molecule has 3 heterocycles. The van der Waals surface area contributed by atoms with Crippen molar-refractivity contribution < 1.29 is 14.4 Å². The lowest BCUT2D eigenvalue weighted by molar-refractivity contribution is -0.131. The van der Waals surface area contributed by atoms with E-state index >= 15 is 0 Å².